The van der Waals surface area contributed by atoms with E-state index < -0.39 is 11.9 Å². The Hall–Kier alpha value is -1.92. The second kappa shape index (κ2) is 6.02. The number of amides is 1. The van der Waals surface area contributed by atoms with Gasteiger partial charge in [-0.1, -0.05) is 11.6 Å². The maximum Gasteiger partial charge on any atom is 0.335 e. The molecule has 102 valence electrons. The van der Waals surface area contributed by atoms with E-state index in [0.717, 1.165) is 0 Å². The fourth-order valence-electron chi connectivity index (χ4n) is 1.49. The molecule has 0 spiro atoms. The molecule has 2 N–H and O–H groups in total. The van der Waals surface area contributed by atoms with Crippen LogP contribution < -0.4 is 5.32 Å². The molecule has 0 aliphatic carbocycles. The molecule has 0 atom stereocenters. The second-order valence-corrected chi connectivity index (χ2v) is 5.07. The van der Waals surface area contributed by atoms with Gasteiger partial charge >= 0.3 is 5.97 Å². The highest BCUT2D eigenvalue weighted by Crippen LogP contribution is 2.25. The summed E-state index contributed by atoms with van der Waals surface area (Å²) >= 11 is 9.14. The lowest BCUT2D eigenvalue weighted by Crippen LogP contribution is -2.13. The molecule has 5 nitrogen and oxygen atoms in total. The molecule has 0 bridgehead atoms. The third-order valence-electron chi connectivity index (χ3n) is 2.47. The molecule has 0 saturated heterocycles. The molecule has 1 aromatic heterocycles. The van der Waals surface area contributed by atoms with Crippen molar-refractivity contribution in [3.05, 3.63) is 57.3 Å². The number of benzene rings is 1. The van der Waals surface area contributed by atoms with E-state index in [1.54, 1.807) is 6.07 Å². The molecule has 0 aliphatic rings. The van der Waals surface area contributed by atoms with E-state index in [1.807, 2.05) is 0 Å². The monoisotopic (exact) mass is 354 g/mol. The van der Waals surface area contributed by atoms with Gasteiger partial charge < -0.3 is 10.4 Å². The van der Waals surface area contributed by atoms with Crippen LogP contribution in [0.1, 0.15) is 20.7 Å². The largest absolute Gasteiger partial charge is 0.478 e. The van der Waals surface area contributed by atoms with Gasteiger partial charge in [-0.25, -0.2) is 4.79 Å². The van der Waals surface area contributed by atoms with Crippen molar-refractivity contribution in [2.24, 2.45) is 0 Å². The normalized spacial score (nSPS) is 10.1. The number of anilines is 1. The van der Waals surface area contributed by atoms with E-state index in [4.69, 9.17) is 16.7 Å². The first-order valence-electron chi connectivity index (χ1n) is 5.42. The van der Waals surface area contributed by atoms with Gasteiger partial charge in [-0.2, -0.15) is 0 Å². The van der Waals surface area contributed by atoms with E-state index in [2.05, 4.69) is 26.2 Å². The molecular formula is C13H8BrClN2O3. The lowest BCUT2D eigenvalue weighted by atomic mass is 10.2. The molecule has 0 unspecified atom stereocenters. The van der Waals surface area contributed by atoms with Gasteiger partial charge in [-0.05, 0) is 40.2 Å². The molecular weight excluding hydrogens is 348 g/mol. The highest BCUT2D eigenvalue weighted by Gasteiger charge is 2.13. The zero-order valence-corrected chi connectivity index (χ0v) is 12.3. The summed E-state index contributed by atoms with van der Waals surface area (Å²) in [6, 6.07) is 5.83. The van der Waals surface area contributed by atoms with Crippen molar-refractivity contribution in [1.29, 1.82) is 0 Å². The summed E-state index contributed by atoms with van der Waals surface area (Å²) in [5.41, 5.74) is 0.623. The highest BCUT2D eigenvalue weighted by molar-refractivity contribution is 9.10. The Morgan fingerprint density at radius 1 is 1.30 bits per heavy atom. The van der Waals surface area contributed by atoms with Crippen LogP contribution in [0.3, 0.4) is 0 Å². The zero-order chi connectivity index (χ0) is 14.7. The van der Waals surface area contributed by atoms with Gasteiger partial charge in [-0.15, -0.1) is 0 Å². The number of carboxylic acids is 1. The predicted molar refractivity (Wildman–Crippen MR) is 78.3 cm³/mol. The lowest BCUT2D eigenvalue weighted by Gasteiger charge is -2.09. The Bertz CT molecular complexity index is 691. The first-order valence-corrected chi connectivity index (χ1v) is 6.60. The van der Waals surface area contributed by atoms with Crippen LogP contribution in [0.5, 0.6) is 0 Å². The third-order valence-corrected chi connectivity index (χ3v) is 3.50. The van der Waals surface area contributed by atoms with Crippen molar-refractivity contribution >= 4 is 45.1 Å². The van der Waals surface area contributed by atoms with Gasteiger partial charge in [0.25, 0.3) is 5.91 Å². The average molecular weight is 356 g/mol. The molecule has 1 heterocycles. The fraction of sp³-hybridized carbons (Fsp3) is 0. The van der Waals surface area contributed by atoms with E-state index in [9.17, 15) is 9.59 Å². The Balaban J connectivity index is 2.30. The predicted octanol–water partition coefficient (Wildman–Crippen LogP) is 3.45. The van der Waals surface area contributed by atoms with Crippen molar-refractivity contribution < 1.29 is 14.7 Å². The fourth-order valence-corrected chi connectivity index (χ4v) is 2.03. The molecule has 1 aromatic carbocycles. The maximum absolute atomic E-state index is 12.1. The molecule has 20 heavy (non-hydrogen) atoms. The number of nitrogens with zero attached hydrogens (tertiary/aromatic N) is 1. The van der Waals surface area contributed by atoms with Crippen molar-refractivity contribution in [2.45, 2.75) is 0 Å². The van der Waals surface area contributed by atoms with Gasteiger partial charge in [0.1, 0.15) is 0 Å². The number of halogens is 2. The van der Waals surface area contributed by atoms with E-state index >= 15 is 0 Å². The molecule has 0 radical (unpaired) electrons. The SMILES string of the molecule is O=C(O)c1ccc(Br)c(NC(=O)c2cnccc2Cl)c1. The van der Waals surface area contributed by atoms with Gasteiger partial charge in [0.2, 0.25) is 0 Å². The van der Waals surface area contributed by atoms with Gasteiger partial charge in [0.15, 0.2) is 0 Å². The summed E-state index contributed by atoms with van der Waals surface area (Å²) in [7, 11) is 0. The average Bonchev–Trinajstić information content (AvgIpc) is 2.41. The van der Waals surface area contributed by atoms with Crippen LogP contribution in [0.2, 0.25) is 5.02 Å². The number of hydrogen-bond acceptors (Lipinski definition) is 3. The summed E-state index contributed by atoms with van der Waals surface area (Å²) in [6.07, 6.45) is 2.81. The van der Waals surface area contributed by atoms with Crippen LogP contribution in [0, 0.1) is 0 Å². The second-order valence-electron chi connectivity index (χ2n) is 3.81. The summed E-state index contributed by atoms with van der Waals surface area (Å²) in [4.78, 5) is 26.8. The van der Waals surface area contributed by atoms with Crippen molar-refractivity contribution in [3.8, 4) is 0 Å². The van der Waals surface area contributed by atoms with E-state index in [-0.39, 0.29) is 16.1 Å². The minimum Gasteiger partial charge on any atom is -0.478 e. The summed E-state index contributed by atoms with van der Waals surface area (Å²) in [5, 5.41) is 11.8. The number of carboxylic acid groups (broad SMARTS) is 1. The van der Waals surface area contributed by atoms with Crippen molar-refractivity contribution in [3.63, 3.8) is 0 Å². The van der Waals surface area contributed by atoms with E-state index in [0.29, 0.717) is 10.2 Å². The van der Waals surface area contributed by atoms with Crippen LogP contribution in [0.25, 0.3) is 0 Å². The van der Waals surface area contributed by atoms with Crippen molar-refractivity contribution in [2.75, 3.05) is 5.32 Å². The van der Waals surface area contributed by atoms with Crippen LogP contribution in [0.15, 0.2) is 41.1 Å². The third kappa shape index (κ3) is 3.15. The molecule has 0 saturated carbocycles. The minimum atomic E-state index is -1.08. The summed E-state index contributed by atoms with van der Waals surface area (Å²) in [5.74, 6) is -1.54. The molecule has 0 fully saturated rings. The lowest BCUT2D eigenvalue weighted by molar-refractivity contribution is 0.0696. The first-order chi connectivity index (χ1) is 9.49. The number of carbonyl (C=O) groups excluding carboxylic acids is 1. The summed E-state index contributed by atoms with van der Waals surface area (Å²) in [6.45, 7) is 0. The van der Waals surface area contributed by atoms with Crippen molar-refractivity contribution in [1.82, 2.24) is 4.98 Å². The van der Waals surface area contributed by atoms with Crippen LogP contribution >= 0.6 is 27.5 Å². The van der Waals surface area contributed by atoms with Gasteiger partial charge in [0, 0.05) is 16.9 Å². The van der Waals surface area contributed by atoms with Crippen LogP contribution in [-0.2, 0) is 0 Å². The molecule has 2 aromatic rings. The summed E-state index contributed by atoms with van der Waals surface area (Å²) < 4.78 is 0.566. The Morgan fingerprint density at radius 2 is 2.05 bits per heavy atom. The maximum atomic E-state index is 12.1. The standard InChI is InChI=1S/C13H8BrClN2O3/c14-9-2-1-7(13(19)20)5-11(9)17-12(18)8-6-16-4-3-10(8)15/h1-6H,(H,17,18)(H,19,20). The van der Waals surface area contributed by atoms with Crippen LogP contribution in [-0.4, -0.2) is 22.0 Å². The first kappa shape index (κ1) is 14.5. The zero-order valence-electron chi connectivity index (χ0n) is 9.93. The highest BCUT2D eigenvalue weighted by atomic mass is 79.9. The van der Waals surface area contributed by atoms with Gasteiger partial charge in [-0.3, -0.25) is 9.78 Å². The van der Waals surface area contributed by atoms with Crippen LogP contribution in [0.4, 0.5) is 5.69 Å². The number of hydrogen-bond donors (Lipinski definition) is 2. The number of pyridine rings is 1. The number of nitrogens with one attached hydrogen (secondary N) is 1. The van der Waals surface area contributed by atoms with E-state index in [1.165, 1.54) is 30.6 Å². The topological polar surface area (TPSA) is 79.3 Å². The molecule has 0 aliphatic heterocycles. The number of aromatic nitrogens is 1. The Morgan fingerprint density at radius 3 is 2.70 bits per heavy atom. The van der Waals surface area contributed by atoms with Gasteiger partial charge in [0.05, 0.1) is 21.8 Å². The quantitative estimate of drug-likeness (QED) is 0.884. The molecule has 7 heteroatoms. The molecule has 1 amide bonds. The minimum absolute atomic E-state index is 0.0702. The smallest absolute Gasteiger partial charge is 0.335 e. The Labute approximate surface area is 127 Å². The Kier molecular flexibility index (Phi) is 4.36. The molecule has 2 rings (SSSR count). The number of carbonyl (C=O) groups is 2. The number of rotatable bonds is 3. The number of aromatic carboxylic acids is 1.